The molecular weight excluding hydrogens is 355 g/mol. The molecule has 27 heavy (non-hydrogen) atoms. The number of nitrogens with one attached hydrogen (secondary N) is 1. The van der Waals surface area contributed by atoms with Gasteiger partial charge in [-0.05, 0) is 37.6 Å². The van der Waals surface area contributed by atoms with Crippen molar-refractivity contribution in [3.8, 4) is 5.75 Å². The third kappa shape index (κ3) is 6.52. The van der Waals surface area contributed by atoms with Crippen molar-refractivity contribution in [2.45, 2.75) is 25.7 Å². The molecule has 7 heteroatoms. The molecule has 2 aromatic rings. The van der Waals surface area contributed by atoms with E-state index < -0.39 is 12.7 Å². The number of hydrogen-bond donors (Lipinski definition) is 1. The SMILES string of the molecule is FC(F)(F)CN1CC[C@@H](CNCc2ccccc2OCc2cccnc2)C1. The Bertz CT molecular complexity index is 709. The van der Waals surface area contributed by atoms with Crippen LogP contribution in [0.15, 0.2) is 48.8 Å². The van der Waals surface area contributed by atoms with E-state index in [9.17, 15) is 13.2 Å². The second-order valence-corrected chi connectivity index (χ2v) is 6.89. The second-order valence-electron chi connectivity index (χ2n) is 6.89. The maximum Gasteiger partial charge on any atom is 0.401 e. The third-order valence-corrected chi connectivity index (χ3v) is 4.61. The van der Waals surface area contributed by atoms with E-state index in [1.807, 2.05) is 36.4 Å². The Labute approximate surface area is 157 Å². The van der Waals surface area contributed by atoms with E-state index in [1.165, 1.54) is 4.90 Å². The molecule has 0 unspecified atom stereocenters. The molecule has 1 aliphatic heterocycles. The standard InChI is InChI=1S/C20H24F3N3O/c21-20(22,23)15-26-9-7-16(13-26)10-25-12-18-5-1-2-6-19(18)27-14-17-4-3-8-24-11-17/h1-6,8,11,16,25H,7,9-10,12-15H2/t16-/m0/s1. The highest BCUT2D eigenvalue weighted by molar-refractivity contribution is 5.33. The van der Waals surface area contributed by atoms with Crippen molar-refractivity contribution in [1.82, 2.24) is 15.2 Å². The molecule has 146 valence electrons. The molecular formula is C20H24F3N3O. The van der Waals surface area contributed by atoms with E-state index in [-0.39, 0.29) is 5.92 Å². The van der Waals surface area contributed by atoms with E-state index in [0.717, 1.165) is 23.3 Å². The molecule has 1 aromatic heterocycles. The van der Waals surface area contributed by atoms with Crippen LogP contribution in [0.5, 0.6) is 5.75 Å². The van der Waals surface area contributed by atoms with Crippen LogP contribution in [0.1, 0.15) is 17.5 Å². The molecule has 1 N–H and O–H groups in total. The molecule has 1 fully saturated rings. The van der Waals surface area contributed by atoms with Gasteiger partial charge < -0.3 is 10.1 Å². The minimum absolute atomic E-state index is 0.246. The maximum absolute atomic E-state index is 12.5. The first-order chi connectivity index (χ1) is 13.0. The number of alkyl halides is 3. The summed E-state index contributed by atoms with van der Waals surface area (Å²) < 4.78 is 43.3. The van der Waals surface area contributed by atoms with Gasteiger partial charge in [-0.2, -0.15) is 13.2 Å². The fourth-order valence-corrected chi connectivity index (χ4v) is 3.32. The summed E-state index contributed by atoms with van der Waals surface area (Å²) in [4.78, 5) is 5.56. The number of likely N-dealkylation sites (tertiary alicyclic amines) is 1. The summed E-state index contributed by atoms with van der Waals surface area (Å²) in [5.41, 5.74) is 2.03. The van der Waals surface area contributed by atoms with E-state index in [4.69, 9.17) is 4.74 Å². The van der Waals surface area contributed by atoms with E-state index in [2.05, 4.69) is 10.3 Å². The highest BCUT2D eigenvalue weighted by atomic mass is 19.4. The average Bonchev–Trinajstić information content (AvgIpc) is 3.07. The predicted molar refractivity (Wildman–Crippen MR) is 97.3 cm³/mol. The van der Waals surface area contributed by atoms with Gasteiger partial charge in [0.2, 0.25) is 0 Å². The molecule has 1 aromatic carbocycles. The van der Waals surface area contributed by atoms with Crippen LogP contribution < -0.4 is 10.1 Å². The molecule has 1 atom stereocenters. The van der Waals surface area contributed by atoms with E-state index >= 15 is 0 Å². The molecule has 1 aliphatic rings. The number of aromatic nitrogens is 1. The molecule has 3 rings (SSSR count). The van der Waals surface area contributed by atoms with Crippen LogP contribution in [-0.2, 0) is 13.2 Å². The fourth-order valence-electron chi connectivity index (χ4n) is 3.32. The summed E-state index contributed by atoms with van der Waals surface area (Å²) in [6, 6.07) is 11.6. The summed E-state index contributed by atoms with van der Waals surface area (Å²) in [7, 11) is 0. The number of para-hydroxylation sites is 1. The van der Waals surface area contributed by atoms with Crippen LogP contribution >= 0.6 is 0 Å². The van der Waals surface area contributed by atoms with E-state index in [0.29, 0.717) is 32.8 Å². The molecule has 0 radical (unpaired) electrons. The predicted octanol–water partition coefficient (Wildman–Crippen LogP) is 3.63. The average molecular weight is 379 g/mol. The third-order valence-electron chi connectivity index (χ3n) is 4.61. The van der Waals surface area contributed by atoms with Crippen LogP contribution in [0.2, 0.25) is 0 Å². The van der Waals surface area contributed by atoms with Crippen molar-refractivity contribution in [2.75, 3.05) is 26.2 Å². The largest absolute Gasteiger partial charge is 0.489 e. The minimum atomic E-state index is -4.12. The zero-order chi connectivity index (χ0) is 19.1. The van der Waals surface area contributed by atoms with Crippen LogP contribution in [0, 0.1) is 5.92 Å². The quantitative estimate of drug-likeness (QED) is 0.760. The minimum Gasteiger partial charge on any atom is -0.489 e. The fraction of sp³-hybridized carbons (Fsp3) is 0.450. The maximum atomic E-state index is 12.5. The first-order valence-corrected chi connectivity index (χ1v) is 9.09. The van der Waals surface area contributed by atoms with Crippen LogP contribution in [0.4, 0.5) is 13.2 Å². The molecule has 4 nitrogen and oxygen atoms in total. The Morgan fingerprint density at radius 2 is 2.04 bits per heavy atom. The molecule has 0 spiro atoms. The molecule has 1 saturated heterocycles. The van der Waals surface area contributed by atoms with Gasteiger partial charge in [0.05, 0.1) is 6.54 Å². The van der Waals surface area contributed by atoms with Gasteiger partial charge in [-0.3, -0.25) is 9.88 Å². The number of nitrogens with zero attached hydrogens (tertiary/aromatic N) is 2. The first-order valence-electron chi connectivity index (χ1n) is 9.09. The topological polar surface area (TPSA) is 37.4 Å². The van der Waals surface area contributed by atoms with Crippen LogP contribution in [0.25, 0.3) is 0 Å². The normalized spacial score (nSPS) is 18.0. The molecule has 0 aliphatic carbocycles. The van der Waals surface area contributed by atoms with Gasteiger partial charge in [0.1, 0.15) is 12.4 Å². The Kier molecular flexibility index (Phi) is 6.68. The first kappa shape index (κ1) is 19.6. The van der Waals surface area contributed by atoms with Crippen molar-refractivity contribution in [3.63, 3.8) is 0 Å². The summed E-state index contributed by atoms with van der Waals surface area (Å²) in [6.07, 6.45) is 0.170. The molecule has 0 amide bonds. The number of rotatable bonds is 8. The van der Waals surface area contributed by atoms with Crippen LogP contribution in [0.3, 0.4) is 0 Å². The monoisotopic (exact) mass is 379 g/mol. The summed E-state index contributed by atoms with van der Waals surface area (Å²) in [5.74, 6) is 1.05. The van der Waals surface area contributed by atoms with Gasteiger partial charge in [-0.25, -0.2) is 0 Å². The van der Waals surface area contributed by atoms with Crippen molar-refractivity contribution >= 4 is 0 Å². The number of ether oxygens (including phenoxy) is 1. The number of halogens is 3. The van der Waals surface area contributed by atoms with Crippen molar-refractivity contribution in [2.24, 2.45) is 5.92 Å². The van der Waals surface area contributed by atoms with Gasteiger partial charge in [0.15, 0.2) is 0 Å². The second kappa shape index (κ2) is 9.19. The highest BCUT2D eigenvalue weighted by Gasteiger charge is 2.34. The molecule has 2 heterocycles. The van der Waals surface area contributed by atoms with Crippen molar-refractivity contribution in [3.05, 3.63) is 59.9 Å². The number of pyridine rings is 1. The number of benzene rings is 1. The zero-order valence-corrected chi connectivity index (χ0v) is 15.1. The van der Waals surface area contributed by atoms with Gasteiger partial charge in [0.25, 0.3) is 0 Å². The van der Waals surface area contributed by atoms with Gasteiger partial charge in [0, 0.05) is 36.6 Å². The lowest BCUT2D eigenvalue weighted by Crippen LogP contribution is -2.33. The Morgan fingerprint density at radius 3 is 2.81 bits per heavy atom. The van der Waals surface area contributed by atoms with E-state index in [1.54, 1.807) is 12.4 Å². The van der Waals surface area contributed by atoms with Gasteiger partial charge in [-0.15, -0.1) is 0 Å². The summed E-state index contributed by atoms with van der Waals surface area (Å²) >= 11 is 0. The van der Waals surface area contributed by atoms with Crippen LogP contribution in [-0.4, -0.2) is 42.2 Å². The van der Waals surface area contributed by atoms with Crippen molar-refractivity contribution < 1.29 is 17.9 Å². The molecule has 0 saturated carbocycles. The summed E-state index contributed by atoms with van der Waals surface area (Å²) in [5, 5.41) is 3.37. The lowest BCUT2D eigenvalue weighted by Gasteiger charge is -2.18. The highest BCUT2D eigenvalue weighted by Crippen LogP contribution is 2.23. The number of hydrogen-bond acceptors (Lipinski definition) is 4. The smallest absolute Gasteiger partial charge is 0.401 e. The van der Waals surface area contributed by atoms with Gasteiger partial charge in [-0.1, -0.05) is 24.3 Å². The van der Waals surface area contributed by atoms with Gasteiger partial charge >= 0.3 is 6.18 Å². The van der Waals surface area contributed by atoms with Crippen molar-refractivity contribution in [1.29, 1.82) is 0 Å². The Morgan fingerprint density at radius 1 is 1.19 bits per heavy atom. The molecule has 0 bridgehead atoms. The summed E-state index contributed by atoms with van der Waals surface area (Å²) in [6.45, 7) is 1.96. The lowest BCUT2D eigenvalue weighted by atomic mass is 10.1. The lowest BCUT2D eigenvalue weighted by molar-refractivity contribution is -0.143. The zero-order valence-electron chi connectivity index (χ0n) is 15.1. The Hall–Kier alpha value is -2.12. The Balaban J connectivity index is 1.45.